The lowest BCUT2D eigenvalue weighted by Gasteiger charge is -2.26. The quantitative estimate of drug-likeness (QED) is 0.450. The Labute approximate surface area is 59.2 Å². The van der Waals surface area contributed by atoms with Crippen molar-refractivity contribution in [2.75, 3.05) is 0 Å². The number of hydrogen-bond acceptors (Lipinski definition) is 0. The van der Waals surface area contributed by atoms with E-state index in [0.717, 1.165) is 11.8 Å². The molecule has 44 valence electrons. The third-order valence-corrected chi connectivity index (χ3v) is 2.98. The van der Waals surface area contributed by atoms with Crippen LogP contribution in [0.4, 0.5) is 0 Å². The summed E-state index contributed by atoms with van der Waals surface area (Å²) in [5, 5.41) is 0. The maximum Gasteiger partial charge on any atom is 0.0579 e. The molecule has 0 aliphatic heterocycles. The first-order valence-electron chi connectivity index (χ1n) is 3.78. The Hall–Kier alpha value is 0.130. The molecule has 0 saturated heterocycles. The molecule has 1 unspecified atom stereocenters. The lowest BCUT2D eigenvalue weighted by molar-refractivity contribution is 0.278. The van der Waals surface area contributed by atoms with Gasteiger partial charge in [-0.25, -0.2) is 0 Å². The lowest BCUT2D eigenvalue weighted by Crippen LogP contribution is -2.17. The Morgan fingerprint density at radius 3 is 2.00 bits per heavy atom. The van der Waals surface area contributed by atoms with Crippen LogP contribution in [0.25, 0.3) is 0 Å². The van der Waals surface area contributed by atoms with Gasteiger partial charge in [0.15, 0.2) is 0 Å². The van der Waals surface area contributed by atoms with Gasteiger partial charge in [-0.2, -0.15) is 0 Å². The number of hydrogen-bond donors (Lipinski definition) is 0. The highest BCUT2D eigenvalue weighted by Gasteiger charge is 2.44. The molecule has 0 aromatic carbocycles. The molecule has 2 heteroatoms. The highest BCUT2D eigenvalue weighted by molar-refractivity contribution is 6.35. The second kappa shape index (κ2) is 1.81. The predicted molar refractivity (Wildman–Crippen MR) is 39.6 cm³/mol. The van der Waals surface area contributed by atoms with Gasteiger partial charge >= 0.3 is 0 Å². The van der Waals surface area contributed by atoms with Crippen molar-refractivity contribution in [3.8, 4) is 0 Å². The van der Waals surface area contributed by atoms with Gasteiger partial charge < -0.3 is 0 Å². The zero-order chi connectivity index (χ0) is 6.43. The second-order valence-electron chi connectivity index (χ2n) is 3.57. The van der Waals surface area contributed by atoms with Gasteiger partial charge in [0.25, 0.3) is 0 Å². The Morgan fingerprint density at radius 1 is 1.11 bits per heavy atom. The Balaban J connectivity index is 2.00. The van der Waals surface area contributed by atoms with Gasteiger partial charge in [-0.1, -0.05) is 5.92 Å². The molecule has 0 aromatic rings. The maximum absolute atomic E-state index is 5.59. The summed E-state index contributed by atoms with van der Waals surface area (Å²) < 4.78 is 0. The maximum atomic E-state index is 5.59. The highest BCUT2D eigenvalue weighted by Crippen LogP contribution is 2.55. The smallest absolute Gasteiger partial charge is 0.0579 e. The van der Waals surface area contributed by atoms with Gasteiger partial charge in [0, 0.05) is 0 Å². The average Bonchev–Trinajstić information content (AvgIpc) is 2.12. The van der Waals surface area contributed by atoms with Crippen LogP contribution in [0.1, 0.15) is 19.3 Å². The zero-order valence-corrected chi connectivity index (χ0v) is 5.59. The summed E-state index contributed by atoms with van der Waals surface area (Å²) in [6.07, 6.45) is 4.13. The summed E-state index contributed by atoms with van der Waals surface area (Å²) >= 11 is 0. The molecule has 0 spiro atoms. The second-order valence-corrected chi connectivity index (χ2v) is 3.57. The van der Waals surface area contributed by atoms with Crippen molar-refractivity contribution in [2.24, 2.45) is 17.8 Å². The minimum absolute atomic E-state index is 0.0394. The van der Waals surface area contributed by atoms with E-state index >= 15 is 0 Å². The van der Waals surface area contributed by atoms with Crippen LogP contribution < -0.4 is 0 Å². The summed E-state index contributed by atoms with van der Waals surface area (Å²) in [6, 6.07) is 0. The van der Waals surface area contributed by atoms with Crippen molar-refractivity contribution in [1.29, 1.82) is 0 Å². The van der Waals surface area contributed by atoms with Crippen LogP contribution in [0.3, 0.4) is 0 Å². The van der Waals surface area contributed by atoms with Crippen molar-refractivity contribution in [3.05, 3.63) is 0 Å². The first-order valence-corrected chi connectivity index (χ1v) is 3.78. The molecule has 0 N–H and O–H groups in total. The van der Waals surface area contributed by atoms with Crippen molar-refractivity contribution in [3.63, 3.8) is 0 Å². The molecular formula is C7H10B2. The summed E-state index contributed by atoms with van der Waals surface area (Å²) in [6.45, 7) is 0. The van der Waals surface area contributed by atoms with Crippen molar-refractivity contribution in [1.82, 2.24) is 0 Å². The van der Waals surface area contributed by atoms with Crippen molar-refractivity contribution < 1.29 is 0 Å². The molecule has 0 aromatic heterocycles. The van der Waals surface area contributed by atoms with E-state index in [1.807, 2.05) is 0 Å². The summed E-state index contributed by atoms with van der Waals surface area (Å²) in [5.41, 5.74) is -0.0394. The van der Waals surface area contributed by atoms with Gasteiger partial charge in [0.2, 0.25) is 0 Å². The monoisotopic (exact) mass is 116 g/mol. The first kappa shape index (κ1) is 5.88. The molecule has 2 bridgehead atoms. The highest BCUT2D eigenvalue weighted by atomic mass is 14.5. The van der Waals surface area contributed by atoms with Crippen LogP contribution >= 0.6 is 0 Å². The normalized spacial score (nSPS) is 47.4. The Morgan fingerprint density at radius 2 is 1.78 bits per heavy atom. The molecule has 3 fully saturated rings. The van der Waals surface area contributed by atoms with Crippen molar-refractivity contribution in [2.45, 2.75) is 25.0 Å². The molecule has 0 heterocycles. The van der Waals surface area contributed by atoms with Crippen LogP contribution in [-0.2, 0) is 0 Å². The summed E-state index contributed by atoms with van der Waals surface area (Å²) in [7, 11) is 11.2. The average molecular weight is 116 g/mol. The number of fused-ring (bicyclic) bond motifs is 1. The van der Waals surface area contributed by atoms with Gasteiger partial charge in [0.05, 0.1) is 15.7 Å². The molecular weight excluding hydrogens is 106 g/mol. The molecule has 3 aliphatic carbocycles. The fraction of sp³-hybridized carbons (Fsp3) is 1.00. The van der Waals surface area contributed by atoms with Crippen LogP contribution in [0.15, 0.2) is 0 Å². The third-order valence-electron chi connectivity index (χ3n) is 2.98. The lowest BCUT2D eigenvalue weighted by atomic mass is 9.61. The first-order chi connectivity index (χ1) is 4.27. The van der Waals surface area contributed by atoms with E-state index in [1.54, 1.807) is 0 Å². The van der Waals surface area contributed by atoms with E-state index in [4.69, 9.17) is 15.7 Å². The Kier molecular flexibility index (Phi) is 1.18. The van der Waals surface area contributed by atoms with Gasteiger partial charge in [-0.3, -0.25) is 0 Å². The van der Waals surface area contributed by atoms with Crippen molar-refractivity contribution >= 4 is 15.7 Å². The Bertz CT molecular complexity index is 116. The molecule has 9 heavy (non-hydrogen) atoms. The molecule has 3 saturated carbocycles. The van der Waals surface area contributed by atoms with E-state index in [1.165, 1.54) is 19.3 Å². The number of rotatable bonds is 1. The van der Waals surface area contributed by atoms with Crippen LogP contribution in [-0.4, -0.2) is 15.7 Å². The fourth-order valence-corrected chi connectivity index (χ4v) is 2.38. The fourth-order valence-electron chi connectivity index (χ4n) is 2.38. The molecule has 3 rings (SSSR count). The summed E-state index contributed by atoms with van der Waals surface area (Å²) in [5.74, 6) is 2.56. The van der Waals surface area contributed by atoms with E-state index in [0.29, 0.717) is 5.92 Å². The van der Waals surface area contributed by atoms with Crippen LogP contribution in [0.5, 0.6) is 0 Å². The molecule has 0 amide bonds. The molecule has 3 aliphatic rings. The molecule has 4 radical (unpaired) electrons. The van der Waals surface area contributed by atoms with Gasteiger partial charge in [-0.15, -0.1) is 5.72 Å². The van der Waals surface area contributed by atoms with E-state index < -0.39 is 0 Å². The molecule has 0 nitrogen and oxygen atoms in total. The minimum atomic E-state index is -0.0394. The molecule has 1 atom stereocenters. The summed E-state index contributed by atoms with van der Waals surface area (Å²) in [4.78, 5) is 0. The minimum Gasteiger partial charge on any atom is -0.107 e. The zero-order valence-electron chi connectivity index (χ0n) is 5.59. The van der Waals surface area contributed by atoms with E-state index in [9.17, 15) is 0 Å². The standard InChI is InChI=1S/C7H10B2/c8-7(9)6-3-4-1-5(6)2-4/h4-7H,1-3H2. The van der Waals surface area contributed by atoms with E-state index in [-0.39, 0.29) is 5.72 Å². The largest absolute Gasteiger partial charge is 0.107 e. The van der Waals surface area contributed by atoms with Crippen LogP contribution in [0, 0.1) is 17.8 Å². The predicted octanol–water partition coefficient (Wildman–Crippen LogP) is 1.12. The van der Waals surface area contributed by atoms with E-state index in [2.05, 4.69) is 0 Å². The van der Waals surface area contributed by atoms with Crippen LogP contribution in [0.2, 0.25) is 5.72 Å². The topological polar surface area (TPSA) is 0 Å². The van der Waals surface area contributed by atoms with Gasteiger partial charge in [-0.05, 0) is 31.1 Å². The SMILES string of the molecule is [B]C([B])C1CC2CC1C2. The third kappa shape index (κ3) is 0.754. The van der Waals surface area contributed by atoms with Gasteiger partial charge in [0.1, 0.15) is 0 Å².